The van der Waals surface area contributed by atoms with Crippen molar-refractivity contribution >= 4 is 17.7 Å². The monoisotopic (exact) mass is 322 g/mol. The quantitative estimate of drug-likeness (QED) is 0.685. The Labute approximate surface area is 118 Å². The first-order chi connectivity index (χ1) is 9.79. The van der Waals surface area contributed by atoms with Gasteiger partial charge in [-0.1, -0.05) is 11.8 Å². The Balaban J connectivity index is 2.39. The topological polar surface area (TPSA) is 80.9 Å². The molecule has 112 valence electrons. The van der Waals surface area contributed by atoms with E-state index in [9.17, 15) is 22.4 Å². The normalized spacial score (nSPS) is 11.6. The van der Waals surface area contributed by atoms with Crippen LogP contribution in [0.3, 0.4) is 0 Å². The summed E-state index contributed by atoms with van der Waals surface area (Å²) in [5.74, 6) is -2.92. The van der Waals surface area contributed by atoms with Gasteiger partial charge in [-0.05, 0) is 28.6 Å². The van der Waals surface area contributed by atoms with E-state index in [4.69, 9.17) is 5.11 Å². The minimum atomic E-state index is -4.86. The minimum absolute atomic E-state index is 0.0165. The third kappa shape index (κ3) is 3.48. The van der Waals surface area contributed by atoms with Gasteiger partial charge in [-0.25, -0.2) is 4.39 Å². The maximum atomic E-state index is 13.2. The Morgan fingerprint density at radius 3 is 2.71 bits per heavy atom. The number of alkyl halides is 3. The van der Waals surface area contributed by atoms with Gasteiger partial charge in [0, 0.05) is 0 Å². The summed E-state index contributed by atoms with van der Waals surface area (Å²) in [5.41, 5.74) is -1.58. The van der Waals surface area contributed by atoms with Crippen LogP contribution in [0.1, 0.15) is 5.56 Å². The fourth-order valence-electron chi connectivity index (χ4n) is 1.42. The van der Waals surface area contributed by atoms with Gasteiger partial charge in [0.15, 0.2) is 0 Å². The molecular formula is C10H6F4N4O2S. The van der Waals surface area contributed by atoms with Gasteiger partial charge in [0.25, 0.3) is 0 Å². The van der Waals surface area contributed by atoms with E-state index in [-0.39, 0.29) is 16.6 Å². The molecule has 0 aliphatic heterocycles. The highest BCUT2D eigenvalue weighted by Gasteiger charge is 2.34. The molecule has 0 bridgehead atoms. The number of nitrogens with zero attached hydrogens (tertiary/aromatic N) is 4. The van der Waals surface area contributed by atoms with E-state index in [1.165, 1.54) is 0 Å². The molecule has 21 heavy (non-hydrogen) atoms. The van der Waals surface area contributed by atoms with E-state index < -0.39 is 23.5 Å². The summed E-state index contributed by atoms with van der Waals surface area (Å²) in [4.78, 5) is 10.5. The van der Waals surface area contributed by atoms with Crippen LogP contribution in [-0.4, -0.2) is 37.0 Å². The molecule has 0 aliphatic rings. The van der Waals surface area contributed by atoms with Gasteiger partial charge in [-0.2, -0.15) is 17.9 Å². The Bertz CT molecular complexity index is 673. The highest BCUT2D eigenvalue weighted by Crippen LogP contribution is 2.33. The molecule has 0 unspecified atom stereocenters. The van der Waals surface area contributed by atoms with Crippen molar-refractivity contribution in [1.82, 2.24) is 20.2 Å². The van der Waals surface area contributed by atoms with Crippen molar-refractivity contribution in [3.8, 4) is 5.69 Å². The van der Waals surface area contributed by atoms with Crippen LogP contribution < -0.4 is 0 Å². The van der Waals surface area contributed by atoms with E-state index in [1.54, 1.807) is 0 Å². The Morgan fingerprint density at radius 1 is 1.38 bits per heavy atom. The van der Waals surface area contributed by atoms with Gasteiger partial charge in [0.1, 0.15) is 5.82 Å². The Morgan fingerprint density at radius 2 is 2.10 bits per heavy atom. The number of carboxylic acid groups (broad SMARTS) is 1. The van der Waals surface area contributed by atoms with Crippen molar-refractivity contribution in [3.63, 3.8) is 0 Å². The maximum Gasteiger partial charge on any atom is 0.419 e. The van der Waals surface area contributed by atoms with E-state index in [0.29, 0.717) is 12.1 Å². The van der Waals surface area contributed by atoms with Gasteiger partial charge in [-0.15, -0.1) is 5.10 Å². The van der Waals surface area contributed by atoms with Crippen LogP contribution in [0.25, 0.3) is 5.69 Å². The Hall–Kier alpha value is -2.17. The lowest BCUT2D eigenvalue weighted by atomic mass is 10.2. The number of hydrogen-bond donors (Lipinski definition) is 1. The fraction of sp³-hybridized carbons (Fsp3) is 0.200. The lowest BCUT2D eigenvalue weighted by Crippen LogP contribution is -2.10. The average Bonchev–Trinajstić information content (AvgIpc) is 2.84. The number of halogens is 4. The van der Waals surface area contributed by atoms with Crippen LogP contribution in [0, 0.1) is 5.82 Å². The second-order valence-corrected chi connectivity index (χ2v) is 4.66. The lowest BCUT2D eigenvalue weighted by Gasteiger charge is -2.10. The van der Waals surface area contributed by atoms with Crippen molar-refractivity contribution in [3.05, 3.63) is 29.6 Å². The molecule has 0 amide bonds. The third-order valence-corrected chi connectivity index (χ3v) is 3.17. The molecule has 0 atom stereocenters. The summed E-state index contributed by atoms with van der Waals surface area (Å²) >= 11 is 0.727. The van der Waals surface area contributed by atoms with Crippen LogP contribution in [0.4, 0.5) is 17.6 Å². The molecule has 1 N–H and O–H groups in total. The van der Waals surface area contributed by atoms with E-state index in [0.717, 1.165) is 22.5 Å². The molecular weight excluding hydrogens is 316 g/mol. The van der Waals surface area contributed by atoms with Crippen LogP contribution in [0.15, 0.2) is 23.4 Å². The number of thioether (sulfide) groups is 1. The number of aromatic nitrogens is 4. The molecule has 1 aromatic carbocycles. The maximum absolute atomic E-state index is 13.2. The molecule has 1 heterocycles. The van der Waals surface area contributed by atoms with Gasteiger partial charge >= 0.3 is 12.1 Å². The molecule has 0 fully saturated rings. The van der Waals surface area contributed by atoms with Crippen LogP contribution in [0.5, 0.6) is 0 Å². The summed E-state index contributed by atoms with van der Waals surface area (Å²) < 4.78 is 52.0. The van der Waals surface area contributed by atoms with Crippen molar-refractivity contribution in [1.29, 1.82) is 0 Å². The number of aliphatic carboxylic acids is 1. The highest BCUT2D eigenvalue weighted by molar-refractivity contribution is 7.99. The second kappa shape index (κ2) is 5.68. The molecule has 0 saturated carbocycles. The molecule has 0 aliphatic carbocycles. The Kier molecular flexibility index (Phi) is 4.11. The van der Waals surface area contributed by atoms with E-state index in [2.05, 4.69) is 15.5 Å². The second-order valence-electron chi connectivity index (χ2n) is 3.72. The van der Waals surface area contributed by atoms with Crippen LogP contribution in [-0.2, 0) is 11.0 Å². The smallest absolute Gasteiger partial charge is 0.419 e. The van der Waals surface area contributed by atoms with E-state index >= 15 is 0 Å². The molecule has 2 rings (SSSR count). The molecule has 0 saturated heterocycles. The standard InChI is InChI=1S/C10H6F4N4O2S/c11-7-2-1-5(3-6(7)10(12,13)14)18-9(15-16-17-18)21-4-8(19)20/h1-3H,4H2,(H,19,20). The number of tetrazole rings is 1. The summed E-state index contributed by atoms with van der Waals surface area (Å²) in [5, 5.41) is 18.8. The third-order valence-electron chi connectivity index (χ3n) is 2.27. The highest BCUT2D eigenvalue weighted by atomic mass is 32.2. The van der Waals surface area contributed by atoms with Crippen molar-refractivity contribution in [2.75, 3.05) is 5.75 Å². The molecule has 2 aromatic rings. The first kappa shape index (κ1) is 15.2. The summed E-state index contributed by atoms with van der Waals surface area (Å²) in [6.45, 7) is 0. The molecule has 0 spiro atoms. The van der Waals surface area contributed by atoms with E-state index in [1.807, 2.05) is 0 Å². The van der Waals surface area contributed by atoms with Gasteiger partial charge < -0.3 is 5.11 Å². The largest absolute Gasteiger partial charge is 0.481 e. The number of carboxylic acids is 1. The van der Waals surface area contributed by atoms with Crippen LogP contribution in [0.2, 0.25) is 0 Å². The van der Waals surface area contributed by atoms with Crippen molar-refractivity contribution in [2.45, 2.75) is 11.3 Å². The molecule has 6 nitrogen and oxygen atoms in total. The minimum Gasteiger partial charge on any atom is -0.481 e. The average molecular weight is 322 g/mol. The number of hydrogen-bond acceptors (Lipinski definition) is 5. The van der Waals surface area contributed by atoms with Gasteiger partial charge in [0.2, 0.25) is 5.16 Å². The summed E-state index contributed by atoms with van der Waals surface area (Å²) in [6, 6.07) is 2.26. The van der Waals surface area contributed by atoms with Gasteiger partial charge in [-0.3, -0.25) is 4.79 Å². The first-order valence-corrected chi connectivity index (χ1v) is 6.27. The zero-order chi connectivity index (χ0) is 15.6. The van der Waals surface area contributed by atoms with Gasteiger partial charge in [0.05, 0.1) is 17.0 Å². The first-order valence-electron chi connectivity index (χ1n) is 5.29. The van der Waals surface area contributed by atoms with Crippen molar-refractivity contribution < 1.29 is 27.5 Å². The fourth-order valence-corrected chi connectivity index (χ4v) is 2.03. The number of rotatable bonds is 4. The predicted molar refractivity (Wildman–Crippen MR) is 62.5 cm³/mol. The zero-order valence-electron chi connectivity index (χ0n) is 10.0. The van der Waals surface area contributed by atoms with Crippen molar-refractivity contribution in [2.24, 2.45) is 0 Å². The number of carbonyl (C=O) groups is 1. The van der Waals surface area contributed by atoms with Crippen LogP contribution >= 0.6 is 11.8 Å². The molecule has 1 aromatic heterocycles. The SMILES string of the molecule is O=C(O)CSc1nnnn1-c1ccc(F)c(C(F)(F)F)c1. The summed E-state index contributed by atoms with van der Waals surface area (Å²) in [7, 11) is 0. The summed E-state index contributed by atoms with van der Waals surface area (Å²) in [6.07, 6.45) is -4.86. The number of benzene rings is 1. The molecule has 0 radical (unpaired) electrons. The molecule has 11 heteroatoms. The lowest BCUT2D eigenvalue weighted by molar-refractivity contribution is -0.140. The zero-order valence-corrected chi connectivity index (χ0v) is 10.8. The predicted octanol–water partition coefficient (Wildman–Crippen LogP) is 2.00.